The van der Waals surface area contributed by atoms with Crippen LogP contribution in [-0.2, 0) is 9.59 Å². The number of likely N-dealkylation sites (tertiary alicyclic amines) is 1. The zero-order valence-electron chi connectivity index (χ0n) is 10.2. The standard InChI is InChI=1S/C13H15N3O2/c1-8-3-2-4-11(14-8)15-10-7-12(17)16(13(10)18)9-5-6-9/h2-4,9-10H,5-7H2,1H3,(H,14,15). The third-order valence-corrected chi connectivity index (χ3v) is 3.31. The predicted octanol–water partition coefficient (Wildman–Crippen LogP) is 1.09. The van der Waals surface area contributed by atoms with Crippen LogP contribution in [0.15, 0.2) is 18.2 Å². The molecule has 1 N–H and O–H groups in total. The molecule has 1 aliphatic carbocycles. The zero-order valence-corrected chi connectivity index (χ0v) is 10.2. The number of nitrogens with one attached hydrogen (secondary N) is 1. The van der Waals surface area contributed by atoms with E-state index in [1.54, 1.807) is 0 Å². The second-order valence-electron chi connectivity index (χ2n) is 4.90. The minimum Gasteiger partial charge on any atom is -0.358 e. The molecule has 2 amide bonds. The molecule has 1 aliphatic heterocycles. The SMILES string of the molecule is Cc1cccc(NC2CC(=O)N(C3CC3)C2=O)n1. The number of pyridine rings is 1. The Kier molecular flexibility index (Phi) is 2.54. The van der Waals surface area contributed by atoms with E-state index in [9.17, 15) is 9.59 Å². The predicted molar refractivity (Wildman–Crippen MR) is 65.9 cm³/mol. The lowest BCUT2D eigenvalue weighted by Gasteiger charge is -2.14. The number of amides is 2. The van der Waals surface area contributed by atoms with E-state index in [0.717, 1.165) is 18.5 Å². The molecule has 0 spiro atoms. The first-order chi connectivity index (χ1) is 8.65. The smallest absolute Gasteiger partial charge is 0.252 e. The van der Waals surface area contributed by atoms with Gasteiger partial charge in [-0.1, -0.05) is 6.07 Å². The van der Waals surface area contributed by atoms with E-state index >= 15 is 0 Å². The van der Waals surface area contributed by atoms with Gasteiger partial charge >= 0.3 is 0 Å². The van der Waals surface area contributed by atoms with E-state index in [-0.39, 0.29) is 24.3 Å². The molecule has 2 fully saturated rings. The maximum atomic E-state index is 12.1. The Balaban J connectivity index is 1.74. The van der Waals surface area contributed by atoms with Gasteiger partial charge in [0.2, 0.25) is 5.91 Å². The molecule has 94 valence electrons. The van der Waals surface area contributed by atoms with Crippen LogP contribution in [0.1, 0.15) is 25.0 Å². The summed E-state index contributed by atoms with van der Waals surface area (Å²) in [5.74, 6) is 0.484. The number of carbonyl (C=O) groups excluding carboxylic acids is 2. The Hall–Kier alpha value is -1.91. The van der Waals surface area contributed by atoms with E-state index in [1.807, 2.05) is 25.1 Å². The van der Waals surface area contributed by atoms with Gasteiger partial charge in [0.25, 0.3) is 5.91 Å². The van der Waals surface area contributed by atoms with Crippen molar-refractivity contribution < 1.29 is 9.59 Å². The Bertz CT molecular complexity index is 511. The first kappa shape index (κ1) is 11.2. The summed E-state index contributed by atoms with van der Waals surface area (Å²) in [5, 5.41) is 3.05. The summed E-state index contributed by atoms with van der Waals surface area (Å²) in [6.45, 7) is 1.89. The van der Waals surface area contributed by atoms with Gasteiger partial charge in [0.05, 0.1) is 6.42 Å². The van der Waals surface area contributed by atoms with E-state index in [1.165, 1.54) is 4.90 Å². The van der Waals surface area contributed by atoms with E-state index in [4.69, 9.17) is 0 Å². The molecule has 1 atom stereocenters. The second-order valence-corrected chi connectivity index (χ2v) is 4.90. The van der Waals surface area contributed by atoms with Gasteiger partial charge in [0, 0.05) is 11.7 Å². The molecule has 18 heavy (non-hydrogen) atoms. The van der Waals surface area contributed by atoms with Crippen molar-refractivity contribution in [2.45, 2.75) is 38.3 Å². The molecule has 0 bridgehead atoms. The minimum atomic E-state index is -0.451. The minimum absolute atomic E-state index is 0.0624. The molecule has 5 heteroatoms. The molecule has 1 saturated heterocycles. The molecule has 2 heterocycles. The molecule has 1 aromatic heterocycles. The van der Waals surface area contributed by atoms with Crippen LogP contribution in [0.25, 0.3) is 0 Å². The lowest BCUT2D eigenvalue weighted by Crippen LogP contribution is -2.36. The number of rotatable bonds is 3. The molecule has 1 saturated carbocycles. The van der Waals surface area contributed by atoms with Gasteiger partial charge < -0.3 is 5.32 Å². The van der Waals surface area contributed by atoms with E-state index < -0.39 is 6.04 Å². The van der Waals surface area contributed by atoms with Crippen LogP contribution in [0.5, 0.6) is 0 Å². The van der Waals surface area contributed by atoms with Gasteiger partial charge in [-0.05, 0) is 31.9 Å². The number of hydrogen-bond acceptors (Lipinski definition) is 4. The quantitative estimate of drug-likeness (QED) is 0.810. The summed E-state index contributed by atoms with van der Waals surface area (Å²) < 4.78 is 0. The second kappa shape index (κ2) is 4.08. The van der Waals surface area contributed by atoms with Gasteiger partial charge in [-0.2, -0.15) is 0 Å². The van der Waals surface area contributed by atoms with Crippen molar-refractivity contribution in [1.29, 1.82) is 0 Å². The van der Waals surface area contributed by atoms with Crippen LogP contribution in [-0.4, -0.2) is 33.8 Å². The first-order valence-corrected chi connectivity index (χ1v) is 6.21. The van der Waals surface area contributed by atoms with Crippen LogP contribution >= 0.6 is 0 Å². The van der Waals surface area contributed by atoms with Gasteiger partial charge in [0.1, 0.15) is 11.9 Å². The number of aryl methyl sites for hydroxylation is 1. The third kappa shape index (κ3) is 1.96. The molecular formula is C13H15N3O2. The zero-order chi connectivity index (χ0) is 12.7. The fourth-order valence-corrected chi connectivity index (χ4v) is 2.28. The molecule has 1 unspecified atom stereocenters. The van der Waals surface area contributed by atoms with Crippen LogP contribution in [0.4, 0.5) is 5.82 Å². The van der Waals surface area contributed by atoms with Crippen molar-refractivity contribution in [3.63, 3.8) is 0 Å². The summed E-state index contributed by atoms with van der Waals surface area (Å²) in [6.07, 6.45) is 2.14. The number of anilines is 1. The average Bonchev–Trinajstić information content (AvgIpc) is 3.09. The highest BCUT2D eigenvalue weighted by atomic mass is 16.2. The average molecular weight is 245 g/mol. The summed E-state index contributed by atoms with van der Waals surface area (Å²) in [5.41, 5.74) is 0.885. The molecule has 0 aromatic carbocycles. The fraction of sp³-hybridized carbons (Fsp3) is 0.462. The largest absolute Gasteiger partial charge is 0.358 e. The van der Waals surface area contributed by atoms with Crippen molar-refractivity contribution in [2.24, 2.45) is 0 Å². The Morgan fingerprint density at radius 2 is 2.11 bits per heavy atom. The van der Waals surface area contributed by atoms with Crippen molar-refractivity contribution in [3.05, 3.63) is 23.9 Å². The summed E-state index contributed by atoms with van der Waals surface area (Å²) in [6, 6.07) is 5.29. The summed E-state index contributed by atoms with van der Waals surface area (Å²) >= 11 is 0. The number of aromatic nitrogens is 1. The highest BCUT2D eigenvalue weighted by Gasteiger charge is 2.46. The van der Waals surface area contributed by atoms with Gasteiger partial charge in [-0.3, -0.25) is 14.5 Å². The van der Waals surface area contributed by atoms with E-state index in [0.29, 0.717) is 5.82 Å². The van der Waals surface area contributed by atoms with E-state index in [2.05, 4.69) is 10.3 Å². The van der Waals surface area contributed by atoms with Gasteiger partial charge in [-0.15, -0.1) is 0 Å². The Morgan fingerprint density at radius 1 is 1.33 bits per heavy atom. The highest BCUT2D eigenvalue weighted by molar-refractivity contribution is 6.07. The first-order valence-electron chi connectivity index (χ1n) is 6.21. The fourth-order valence-electron chi connectivity index (χ4n) is 2.28. The Labute approximate surface area is 105 Å². The van der Waals surface area contributed by atoms with Gasteiger partial charge in [-0.25, -0.2) is 4.98 Å². The summed E-state index contributed by atoms with van der Waals surface area (Å²) in [7, 11) is 0. The maximum Gasteiger partial charge on any atom is 0.252 e. The van der Waals surface area contributed by atoms with Crippen LogP contribution in [0.3, 0.4) is 0 Å². The van der Waals surface area contributed by atoms with Crippen LogP contribution in [0, 0.1) is 6.92 Å². The van der Waals surface area contributed by atoms with Crippen molar-refractivity contribution in [1.82, 2.24) is 9.88 Å². The van der Waals surface area contributed by atoms with Crippen LogP contribution < -0.4 is 5.32 Å². The molecule has 3 rings (SSSR count). The third-order valence-electron chi connectivity index (χ3n) is 3.31. The molecule has 2 aliphatic rings. The monoisotopic (exact) mass is 245 g/mol. The topological polar surface area (TPSA) is 62.3 Å². The lowest BCUT2D eigenvalue weighted by atomic mass is 10.2. The number of hydrogen-bond donors (Lipinski definition) is 1. The maximum absolute atomic E-state index is 12.1. The van der Waals surface area contributed by atoms with Crippen LogP contribution in [0.2, 0.25) is 0 Å². The van der Waals surface area contributed by atoms with Crippen molar-refractivity contribution >= 4 is 17.6 Å². The molecule has 0 radical (unpaired) electrons. The number of nitrogens with zero attached hydrogens (tertiary/aromatic N) is 2. The molecule has 5 nitrogen and oxygen atoms in total. The summed E-state index contributed by atoms with van der Waals surface area (Å²) in [4.78, 5) is 29.6. The Morgan fingerprint density at radius 3 is 2.78 bits per heavy atom. The lowest BCUT2D eigenvalue weighted by molar-refractivity contribution is -0.139. The molecular weight excluding hydrogens is 230 g/mol. The number of imide groups is 1. The molecule has 1 aromatic rings. The number of carbonyl (C=O) groups is 2. The normalized spacial score (nSPS) is 23.6. The highest BCUT2D eigenvalue weighted by Crippen LogP contribution is 2.32. The van der Waals surface area contributed by atoms with Crippen molar-refractivity contribution in [2.75, 3.05) is 5.32 Å². The van der Waals surface area contributed by atoms with Crippen molar-refractivity contribution in [3.8, 4) is 0 Å². The van der Waals surface area contributed by atoms with Gasteiger partial charge in [0.15, 0.2) is 0 Å².